The summed E-state index contributed by atoms with van der Waals surface area (Å²) in [7, 11) is 0. The van der Waals surface area contributed by atoms with Crippen molar-refractivity contribution >= 4 is 23.2 Å². The fourth-order valence-electron chi connectivity index (χ4n) is 3.28. The Kier molecular flexibility index (Phi) is 6.23. The van der Waals surface area contributed by atoms with Crippen LogP contribution in [0.3, 0.4) is 0 Å². The molecule has 1 aromatic carbocycles. The highest BCUT2D eigenvalue weighted by atomic mass is 32.1. The smallest absolute Gasteiger partial charge is 0.223 e. The lowest BCUT2D eigenvalue weighted by Gasteiger charge is -2.18. The molecule has 2 N–H and O–H groups in total. The minimum absolute atomic E-state index is 0.0472. The van der Waals surface area contributed by atoms with Crippen LogP contribution in [0.4, 0.5) is 0 Å². The van der Waals surface area contributed by atoms with Gasteiger partial charge in [-0.15, -0.1) is 11.3 Å². The molecule has 1 aromatic heterocycles. The fraction of sp³-hybridized carbons (Fsp3) is 0.400. The second kappa shape index (κ2) is 8.81. The summed E-state index contributed by atoms with van der Waals surface area (Å²) in [6, 6.07) is 13.8. The molecule has 0 radical (unpaired) electrons. The van der Waals surface area contributed by atoms with Crippen molar-refractivity contribution in [1.29, 1.82) is 0 Å². The summed E-state index contributed by atoms with van der Waals surface area (Å²) < 4.78 is 0. The molecule has 4 nitrogen and oxygen atoms in total. The summed E-state index contributed by atoms with van der Waals surface area (Å²) in [5.74, 6) is 0.198. The summed E-state index contributed by atoms with van der Waals surface area (Å²) in [6.45, 7) is 0.396. The third kappa shape index (κ3) is 4.92. The van der Waals surface area contributed by atoms with E-state index in [0.29, 0.717) is 13.0 Å². The maximum Gasteiger partial charge on any atom is 0.223 e. The molecular weight excluding hydrogens is 332 g/mol. The van der Waals surface area contributed by atoms with E-state index >= 15 is 0 Å². The predicted molar refractivity (Wildman–Crippen MR) is 100 cm³/mol. The van der Waals surface area contributed by atoms with Gasteiger partial charge in [-0.1, -0.05) is 49.2 Å². The first kappa shape index (κ1) is 17.7. The van der Waals surface area contributed by atoms with Crippen molar-refractivity contribution in [2.24, 2.45) is 5.92 Å². The molecule has 3 rings (SSSR count). The Bertz CT molecular complexity index is 679. The average molecular weight is 356 g/mol. The standard InChI is InChI=1S/C20H24N2O2S/c23-18(12-13-21-20(24)16-9-4-5-10-16)22-19(17-11-6-14-25-17)15-7-2-1-3-8-15/h1-3,6-8,11,14,16,19H,4-5,9-10,12-13H2,(H,21,24)(H,22,23). The fourth-order valence-corrected chi connectivity index (χ4v) is 4.09. The molecule has 25 heavy (non-hydrogen) atoms. The van der Waals surface area contributed by atoms with E-state index in [1.807, 2.05) is 47.8 Å². The highest BCUT2D eigenvalue weighted by Gasteiger charge is 2.22. The Hall–Kier alpha value is -2.14. The molecule has 132 valence electrons. The first-order valence-electron chi connectivity index (χ1n) is 8.89. The Morgan fingerprint density at radius 1 is 1.08 bits per heavy atom. The minimum atomic E-state index is -0.140. The third-order valence-electron chi connectivity index (χ3n) is 4.64. The van der Waals surface area contributed by atoms with Crippen LogP contribution in [-0.2, 0) is 9.59 Å². The van der Waals surface area contributed by atoms with Gasteiger partial charge in [0.25, 0.3) is 0 Å². The molecule has 2 aromatic rings. The van der Waals surface area contributed by atoms with Crippen LogP contribution in [0.15, 0.2) is 47.8 Å². The van der Waals surface area contributed by atoms with E-state index in [2.05, 4.69) is 10.6 Å². The van der Waals surface area contributed by atoms with Crippen molar-refractivity contribution in [3.05, 3.63) is 58.3 Å². The van der Waals surface area contributed by atoms with Gasteiger partial charge in [-0.05, 0) is 29.9 Å². The monoisotopic (exact) mass is 356 g/mol. The lowest BCUT2D eigenvalue weighted by atomic mass is 10.1. The Labute approximate surface area is 152 Å². The van der Waals surface area contributed by atoms with Gasteiger partial charge in [-0.3, -0.25) is 9.59 Å². The zero-order valence-electron chi connectivity index (χ0n) is 14.2. The predicted octanol–water partition coefficient (Wildman–Crippen LogP) is 3.65. The number of carbonyl (C=O) groups excluding carboxylic acids is 2. The molecule has 1 saturated carbocycles. The van der Waals surface area contributed by atoms with Crippen LogP contribution >= 0.6 is 11.3 Å². The molecule has 0 aliphatic heterocycles. The summed E-state index contributed by atoms with van der Waals surface area (Å²) in [5, 5.41) is 8.02. The Balaban J connectivity index is 1.53. The lowest BCUT2D eigenvalue weighted by molar-refractivity contribution is -0.125. The number of rotatable bonds is 7. The van der Waals surface area contributed by atoms with Crippen LogP contribution in [0.25, 0.3) is 0 Å². The molecule has 1 heterocycles. The van der Waals surface area contributed by atoms with Gasteiger partial charge in [-0.25, -0.2) is 0 Å². The molecule has 0 bridgehead atoms. The van der Waals surface area contributed by atoms with Gasteiger partial charge >= 0.3 is 0 Å². The number of amides is 2. The average Bonchev–Trinajstić information content (AvgIpc) is 3.34. The van der Waals surface area contributed by atoms with E-state index in [1.165, 1.54) is 0 Å². The normalized spacial score (nSPS) is 15.7. The zero-order valence-corrected chi connectivity index (χ0v) is 15.1. The molecule has 0 spiro atoms. The van der Waals surface area contributed by atoms with Crippen LogP contribution in [0.1, 0.15) is 48.6 Å². The van der Waals surface area contributed by atoms with Crippen LogP contribution in [-0.4, -0.2) is 18.4 Å². The van der Waals surface area contributed by atoms with Gasteiger partial charge in [0.2, 0.25) is 11.8 Å². The number of hydrogen-bond acceptors (Lipinski definition) is 3. The number of carbonyl (C=O) groups is 2. The van der Waals surface area contributed by atoms with Crippen molar-refractivity contribution in [2.75, 3.05) is 6.54 Å². The number of hydrogen-bond donors (Lipinski definition) is 2. The Morgan fingerprint density at radius 2 is 1.84 bits per heavy atom. The van der Waals surface area contributed by atoms with E-state index in [4.69, 9.17) is 0 Å². The van der Waals surface area contributed by atoms with E-state index in [1.54, 1.807) is 11.3 Å². The van der Waals surface area contributed by atoms with Crippen LogP contribution in [0.5, 0.6) is 0 Å². The molecule has 0 saturated heterocycles. The van der Waals surface area contributed by atoms with Crippen LogP contribution < -0.4 is 10.6 Å². The topological polar surface area (TPSA) is 58.2 Å². The van der Waals surface area contributed by atoms with Crippen molar-refractivity contribution in [3.8, 4) is 0 Å². The van der Waals surface area contributed by atoms with Gasteiger partial charge < -0.3 is 10.6 Å². The van der Waals surface area contributed by atoms with Gasteiger partial charge in [0.15, 0.2) is 0 Å². The quantitative estimate of drug-likeness (QED) is 0.795. The van der Waals surface area contributed by atoms with E-state index in [9.17, 15) is 9.59 Å². The van der Waals surface area contributed by atoms with Crippen molar-refractivity contribution in [3.63, 3.8) is 0 Å². The van der Waals surface area contributed by atoms with Gasteiger partial charge in [0.1, 0.15) is 0 Å². The Morgan fingerprint density at radius 3 is 2.52 bits per heavy atom. The maximum absolute atomic E-state index is 12.4. The van der Waals surface area contributed by atoms with E-state index in [-0.39, 0.29) is 23.8 Å². The van der Waals surface area contributed by atoms with Crippen LogP contribution in [0, 0.1) is 5.92 Å². The SMILES string of the molecule is O=C(CCNC(=O)C1CCCC1)NC(c1ccccc1)c1cccs1. The summed E-state index contributed by atoms with van der Waals surface area (Å²) in [6.07, 6.45) is 4.53. The molecule has 1 aliphatic carbocycles. The van der Waals surface area contributed by atoms with E-state index < -0.39 is 0 Å². The lowest BCUT2D eigenvalue weighted by Crippen LogP contribution is -2.35. The second-order valence-electron chi connectivity index (χ2n) is 6.45. The zero-order chi connectivity index (χ0) is 17.5. The van der Waals surface area contributed by atoms with E-state index in [0.717, 1.165) is 36.1 Å². The van der Waals surface area contributed by atoms with Crippen molar-refractivity contribution in [1.82, 2.24) is 10.6 Å². The van der Waals surface area contributed by atoms with Crippen molar-refractivity contribution < 1.29 is 9.59 Å². The molecule has 1 atom stereocenters. The number of benzene rings is 1. The first-order valence-corrected chi connectivity index (χ1v) is 9.77. The molecule has 2 amide bonds. The second-order valence-corrected chi connectivity index (χ2v) is 7.43. The highest BCUT2D eigenvalue weighted by molar-refractivity contribution is 7.10. The van der Waals surface area contributed by atoms with Gasteiger partial charge in [-0.2, -0.15) is 0 Å². The molecule has 1 unspecified atom stereocenters. The summed E-state index contributed by atoms with van der Waals surface area (Å²) >= 11 is 1.63. The highest BCUT2D eigenvalue weighted by Crippen LogP contribution is 2.26. The van der Waals surface area contributed by atoms with Gasteiger partial charge in [0.05, 0.1) is 6.04 Å². The largest absolute Gasteiger partial charge is 0.355 e. The first-order chi connectivity index (χ1) is 12.2. The number of thiophene rings is 1. The molecule has 1 fully saturated rings. The molecular formula is C20H24N2O2S. The maximum atomic E-state index is 12.4. The van der Waals surface area contributed by atoms with Crippen LogP contribution in [0.2, 0.25) is 0 Å². The molecule has 5 heteroatoms. The summed E-state index contributed by atoms with van der Waals surface area (Å²) in [4.78, 5) is 25.5. The van der Waals surface area contributed by atoms with Crippen molar-refractivity contribution in [2.45, 2.75) is 38.1 Å². The summed E-state index contributed by atoms with van der Waals surface area (Å²) in [5.41, 5.74) is 1.06. The minimum Gasteiger partial charge on any atom is -0.355 e. The molecule has 1 aliphatic rings. The van der Waals surface area contributed by atoms with Gasteiger partial charge in [0, 0.05) is 23.8 Å². The number of nitrogens with one attached hydrogen (secondary N) is 2. The third-order valence-corrected chi connectivity index (χ3v) is 5.58.